The van der Waals surface area contributed by atoms with E-state index in [9.17, 15) is 39.0 Å². The highest BCUT2D eigenvalue weighted by Gasteiger charge is 2.34. The van der Waals surface area contributed by atoms with Gasteiger partial charge in [0.15, 0.2) is 5.78 Å². The van der Waals surface area contributed by atoms with Crippen molar-refractivity contribution in [3.8, 4) is 0 Å². The molecule has 0 aromatic rings. The molecule has 8 atom stereocenters. The molecule has 9 N–H and O–H groups in total. The number of carbonyl (C=O) groups excluding carboxylic acids is 5. The van der Waals surface area contributed by atoms with Gasteiger partial charge in [0, 0.05) is 18.4 Å². The van der Waals surface area contributed by atoms with Gasteiger partial charge in [-0.15, -0.1) is 0 Å². The maximum Gasteiger partial charge on any atom is 0.306 e. The Hall–Kier alpha value is -3.10. The first-order valence-electron chi connectivity index (χ1n) is 16.6. The lowest BCUT2D eigenvalue weighted by atomic mass is 9.87. The summed E-state index contributed by atoms with van der Waals surface area (Å²) >= 11 is 0. The van der Waals surface area contributed by atoms with Gasteiger partial charge in [0.1, 0.15) is 6.04 Å². The molecule has 14 nitrogen and oxygen atoms in total. The number of hydrogen-bond donors (Lipinski definition) is 8. The second kappa shape index (κ2) is 21.0. The molecule has 4 amide bonds. The quantitative estimate of drug-likeness (QED) is 0.0762. The number of rotatable bonds is 23. The lowest BCUT2D eigenvalue weighted by molar-refractivity contribution is -0.140. The minimum absolute atomic E-state index is 0.0343. The zero-order chi connectivity index (χ0) is 36.8. The molecule has 0 spiro atoms. The second-order valence-electron chi connectivity index (χ2n) is 14.3. The van der Waals surface area contributed by atoms with Crippen LogP contribution < -0.4 is 27.0 Å². The van der Waals surface area contributed by atoms with Crippen molar-refractivity contribution in [1.29, 1.82) is 0 Å². The van der Waals surface area contributed by atoms with Crippen molar-refractivity contribution in [2.45, 2.75) is 144 Å². The summed E-state index contributed by atoms with van der Waals surface area (Å²) in [7, 11) is 0. The molecule has 0 bridgehead atoms. The van der Waals surface area contributed by atoms with Crippen molar-refractivity contribution in [2.75, 3.05) is 0 Å². The number of nitrogens with one attached hydrogen (secondary N) is 4. The molecule has 47 heavy (non-hydrogen) atoms. The van der Waals surface area contributed by atoms with E-state index in [-0.39, 0.29) is 41.8 Å². The number of primary amides is 1. The monoisotopic (exact) mass is 671 g/mol. The molecule has 0 fully saturated rings. The lowest BCUT2D eigenvalue weighted by Crippen LogP contribution is -2.56. The number of carboxylic acids is 1. The van der Waals surface area contributed by atoms with Gasteiger partial charge in [-0.3, -0.25) is 28.8 Å². The van der Waals surface area contributed by atoms with Gasteiger partial charge in [0.05, 0.1) is 43.2 Å². The van der Waals surface area contributed by atoms with Crippen molar-refractivity contribution >= 4 is 35.4 Å². The summed E-state index contributed by atoms with van der Waals surface area (Å²) in [6, 6.07) is -4.46. The summed E-state index contributed by atoms with van der Waals surface area (Å²) in [6.45, 7) is 17.7. The van der Waals surface area contributed by atoms with Crippen molar-refractivity contribution in [1.82, 2.24) is 21.3 Å². The number of aliphatic hydroxyl groups is 2. The summed E-state index contributed by atoms with van der Waals surface area (Å²) in [6.07, 6.45) is -2.99. The average Bonchev–Trinajstić information content (AvgIpc) is 2.91. The van der Waals surface area contributed by atoms with E-state index >= 15 is 0 Å². The number of ketones is 1. The Morgan fingerprint density at radius 3 is 1.60 bits per heavy atom. The third-order valence-corrected chi connectivity index (χ3v) is 7.88. The van der Waals surface area contributed by atoms with Crippen LogP contribution in [0.25, 0.3) is 0 Å². The first-order chi connectivity index (χ1) is 21.6. The van der Waals surface area contributed by atoms with E-state index in [4.69, 9.17) is 10.8 Å². The molecule has 272 valence electrons. The first kappa shape index (κ1) is 43.9. The van der Waals surface area contributed by atoms with E-state index in [2.05, 4.69) is 21.3 Å². The summed E-state index contributed by atoms with van der Waals surface area (Å²) in [5.41, 5.74) is 5.73. The summed E-state index contributed by atoms with van der Waals surface area (Å²) in [4.78, 5) is 74.9. The Kier molecular flexibility index (Phi) is 19.6. The number of amides is 4. The Morgan fingerprint density at radius 1 is 0.638 bits per heavy atom. The number of hydrogen-bond acceptors (Lipinski definition) is 9. The average molecular weight is 672 g/mol. The summed E-state index contributed by atoms with van der Waals surface area (Å²) in [5, 5.41) is 41.4. The van der Waals surface area contributed by atoms with Crippen LogP contribution in [-0.4, -0.2) is 93.1 Å². The van der Waals surface area contributed by atoms with E-state index < -0.39 is 84.9 Å². The Morgan fingerprint density at radius 2 is 1.15 bits per heavy atom. The van der Waals surface area contributed by atoms with E-state index in [1.54, 1.807) is 20.8 Å². The van der Waals surface area contributed by atoms with Crippen molar-refractivity contribution < 1.29 is 44.1 Å². The fraction of sp³-hybridized carbons (Fsp3) is 0.818. The molecule has 3 unspecified atom stereocenters. The second-order valence-corrected chi connectivity index (χ2v) is 14.3. The van der Waals surface area contributed by atoms with Crippen LogP contribution in [0.3, 0.4) is 0 Å². The predicted octanol–water partition coefficient (Wildman–Crippen LogP) is 0.859. The largest absolute Gasteiger partial charge is 0.481 e. The van der Waals surface area contributed by atoms with Gasteiger partial charge < -0.3 is 42.3 Å². The highest BCUT2D eigenvalue weighted by molar-refractivity contribution is 5.91. The van der Waals surface area contributed by atoms with Crippen LogP contribution >= 0.6 is 0 Å². The van der Waals surface area contributed by atoms with E-state index in [1.807, 2.05) is 41.5 Å². The number of aliphatic hydroxyl groups excluding tert-OH is 2. The highest BCUT2D eigenvalue weighted by Crippen LogP contribution is 2.19. The zero-order valence-electron chi connectivity index (χ0n) is 29.8. The van der Waals surface area contributed by atoms with Crippen LogP contribution in [0, 0.1) is 29.6 Å². The van der Waals surface area contributed by atoms with Gasteiger partial charge in [-0.05, 0) is 43.4 Å². The fourth-order valence-corrected chi connectivity index (χ4v) is 5.25. The maximum absolute atomic E-state index is 13.2. The molecule has 0 aliphatic rings. The number of Topliss-reactive ketones (excluding diaryl/α,β-unsaturated/α-hetero) is 1. The summed E-state index contributed by atoms with van der Waals surface area (Å²) in [5.74, 6) is -4.78. The van der Waals surface area contributed by atoms with Gasteiger partial charge in [0.25, 0.3) is 0 Å². The molecule has 0 aromatic heterocycles. The molecule has 0 radical (unpaired) electrons. The van der Waals surface area contributed by atoms with Crippen molar-refractivity contribution in [2.24, 2.45) is 35.3 Å². The van der Waals surface area contributed by atoms with Crippen LogP contribution in [-0.2, 0) is 28.8 Å². The highest BCUT2D eigenvalue weighted by atomic mass is 16.4. The molecule has 0 saturated heterocycles. The zero-order valence-corrected chi connectivity index (χ0v) is 29.8. The molecular weight excluding hydrogens is 610 g/mol. The lowest BCUT2D eigenvalue weighted by Gasteiger charge is -2.32. The number of carbonyl (C=O) groups is 6. The van der Waals surface area contributed by atoms with Gasteiger partial charge in [-0.2, -0.15) is 0 Å². The molecule has 0 heterocycles. The molecule has 14 heteroatoms. The third kappa shape index (κ3) is 17.0. The minimum atomic E-state index is -1.32. The maximum atomic E-state index is 13.2. The van der Waals surface area contributed by atoms with Gasteiger partial charge in [-0.1, -0.05) is 62.3 Å². The Bertz CT molecular complexity index is 1050. The van der Waals surface area contributed by atoms with Crippen LogP contribution in [0.5, 0.6) is 0 Å². The molecule has 0 aromatic carbocycles. The normalized spacial score (nSPS) is 16.9. The number of nitrogens with two attached hydrogens (primary N) is 1. The molecule has 0 aliphatic heterocycles. The fourth-order valence-electron chi connectivity index (χ4n) is 5.25. The molecular formula is C33H61N5O9. The molecule has 0 rings (SSSR count). The minimum Gasteiger partial charge on any atom is -0.481 e. The summed E-state index contributed by atoms with van der Waals surface area (Å²) < 4.78 is 0. The standard InChI is InChI=1S/C33H61N5O9/c1-16(2)11-22(36-30(31(34)45)20(9)13-26(41)29(18(5)6)38-32(46)19(7)8)24(39)14-27(42)35-21(10)33(47)37-23(12-17(3)4)25(40)15-28(43)44/h16-25,29-30,36,39-40H,11-15H2,1-10H3,(H2,34,45)(H,35,42)(H,37,47)(H,38,46)(H,43,44)/t20-,21?,22-,23?,24?,25-,29-,30-/m0/s1. The van der Waals surface area contributed by atoms with Crippen molar-refractivity contribution in [3.63, 3.8) is 0 Å². The van der Waals surface area contributed by atoms with Crippen LogP contribution in [0.2, 0.25) is 0 Å². The number of carboxylic acid groups (broad SMARTS) is 1. The van der Waals surface area contributed by atoms with Gasteiger partial charge >= 0.3 is 5.97 Å². The van der Waals surface area contributed by atoms with E-state index in [0.29, 0.717) is 12.8 Å². The number of aliphatic carboxylic acids is 1. The van der Waals surface area contributed by atoms with Gasteiger partial charge in [0.2, 0.25) is 23.6 Å². The van der Waals surface area contributed by atoms with Crippen LogP contribution in [0.1, 0.15) is 101 Å². The smallest absolute Gasteiger partial charge is 0.306 e. The molecule has 0 aliphatic carbocycles. The molecule has 0 saturated carbocycles. The van der Waals surface area contributed by atoms with Crippen LogP contribution in [0.15, 0.2) is 0 Å². The SMILES string of the molecule is CC(C)CC(NC(=O)C(C)NC(=O)CC(O)[C@H](CC(C)C)N[C@H](C(N)=O)[C@@H](C)CC(=O)[C@@H](NC(=O)C(C)C)C(C)C)[C@@H](O)CC(=O)O. The Labute approximate surface area is 279 Å². The van der Waals surface area contributed by atoms with E-state index in [1.165, 1.54) is 6.92 Å². The topological polar surface area (TPSA) is 237 Å². The van der Waals surface area contributed by atoms with Crippen LogP contribution in [0.4, 0.5) is 0 Å². The van der Waals surface area contributed by atoms with Crippen molar-refractivity contribution in [3.05, 3.63) is 0 Å². The van der Waals surface area contributed by atoms with E-state index in [0.717, 1.165) is 0 Å². The first-order valence-corrected chi connectivity index (χ1v) is 16.6. The Balaban J connectivity index is 5.62. The third-order valence-electron chi connectivity index (χ3n) is 7.88. The van der Waals surface area contributed by atoms with Gasteiger partial charge in [-0.25, -0.2) is 0 Å². The predicted molar refractivity (Wildman–Crippen MR) is 178 cm³/mol.